The lowest BCUT2D eigenvalue weighted by Crippen LogP contribution is -2.34. The standard InChI is InChI=1S/C34H39N3O4/c1-34-23-24-13-10-11-18-27(24)28(34)21-31-30(22-29(34)32(38)35(2)40-3)36(19-12-20-41-26-16-8-5-9-17-26)33(39)37(31)25-14-6-4-7-15-25/h5,8-11,13,16-18,21-22,25H,4,6-7,12,14-15,19-20,23H2,1-3H3/t34-/m0/s1. The first-order valence-corrected chi connectivity index (χ1v) is 14.8. The molecule has 41 heavy (non-hydrogen) atoms. The van der Waals surface area contributed by atoms with Crippen molar-refractivity contribution in [2.24, 2.45) is 5.41 Å². The van der Waals surface area contributed by atoms with Gasteiger partial charge in [0.15, 0.2) is 0 Å². The molecule has 3 aliphatic carbocycles. The molecule has 7 heteroatoms. The van der Waals surface area contributed by atoms with Crippen LogP contribution in [0.15, 0.2) is 65.0 Å². The number of rotatable bonds is 8. The number of allylic oxidation sites excluding steroid dienone is 1. The van der Waals surface area contributed by atoms with Crippen LogP contribution < -0.4 is 10.4 Å². The van der Waals surface area contributed by atoms with E-state index < -0.39 is 5.41 Å². The maximum Gasteiger partial charge on any atom is 0.329 e. The molecule has 6 rings (SSSR count). The zero-order valence-electron chi connectivity index (χ0n) is 24.3. The molecule has 7 nitrogen and oxygen atoms in total. The zero-order chi connectivity index (χ0) is 28.6. The Morgan fingerprint density at radius 1 is 1.00 bits per heavy atom. The number of imidazole rings is 1. The molecular formula is C34H39N3O4. The number of ether oxygens (including phenoxy) is 1. The summed E-state index contributed by atoms with van der Waals surface area (Å²) in [6.07, 6.45) is 11.0. The molecule has 1 atom stereocenters. The summed E-state index contributed by atoms with van der Waals surface area (Å²) in [6.45, 7) is 3.15. The van der Waals surface area contributed by atoms with Gasteiger partial charge in [-0.1, -0.05) is 68.7 Å². The van der Waals surface area contributed by atoms with Gasteiger partial charge in [-0.05, 0) is 66.7 Å². The largest absolute Gasteiger partial charge is 0.494 e. The minimum Gasteiger partial charge on any atom is -0.494 e. The van der Waals surface area contributed by atoms with Gasteiger partial charge in [-0.15, -0.1) is 0 Å². The van der Waals surface area contributed by atoms with Crippen LogP contribution in [0.3, 0.4) is 0 Å². The highest BCUT2D eigenvalue weighted by Gasteiger charge is 2.46. The maximum atomic E-state index is 14.2. The van der Waals surface area contributed by atoms with Crippen molar-refractivity contribution in [3.8, 4) is 5.75 Å². The number of benzene rings is 2. The normalized spacial score (nSPS) is 19.9. The quantitative estimate of drug-likeness (QED) is 0.248. The number of carbonyl (C=O) groups excluding carboxylic acids is 1. The molecule has 1 amide bonds. The number of hydrogen-bond donors (Lipinski definition) is 0. The van der Waals surface area contributed by atoms with Crippen LogP contribution in [0.25, 0.3) is 17.7 Å². The Labute approximate surface area is 241 Å². The van der Waals surface area contributed by atoms with E-state index in [9.17, 15) is 9.59 Å². The molecule has 1 saturated carbocycles. The number of carbonyl (C=O) groups is 1. The second kappa shape index (κ2) is 11.2. The van der Waals surface area contributed by atoms with Gasteiger partial charge in [-0.3, -0.25) is 18.8 Å². The second-order valence-corrected chi connectivity index (χ2v) is 11.6. The van der Waals surface area contributed by atoms with E-state index in [0.29, 0.717) is 31.6 Å². The Balaban J connectivity index is 1.49. The highest BCUT2D eigenvalue weighted by atomic mass is 16.7. The third kappa shape index (κ3) is 4.86. The van der Waals surface area contributed by atoms with Crippen molar-refractivity contribution in [2.45, 2.75) is 64.5 Å². The lowest BCUT2D eigenvalue weighted by Gasteiger charge is -2.30. The Bertz CT molecular complexity index is 1560. The van der Waals surface area contributed by atoms with Crippen LogP contribution in [0.5, 0.6) is 5.75 Å². The summed E-state index contributed by atoms with van der Waals surface area (Å²) in [5, 5.41) is 1.29. The van der Waals surface area contributed by atoms with Crippen molar-refractivity contribution in [2.75, 3.05) is 20.8 Å². The van der Waals surface area contributed by atoms with Gasteiger partial charge in [0, 0.05) is 30.6 Å². The summed E-state index contributed by atoms with van der Waals surface area (Å²) in [6, 6.07) is 18.3. The fourth-order valence-electron chi connectivity index (χ4n) is 6.90. The molecule has 0 unspecified atom stereocenters. The molecule has 1 aromatic heterocycles. The van der Waals surface area contributed by atoms with Gasteiger partial charge in [-0.25, -0.2) is 9.86 Å². The van der Waals surface area contributed by atoms with Crippen molar-refractivity contribution >= 4 is 23.6 Å². The van der Waals surface area contributed by atoms with Crippen LogP contribution in [-0.2, 0) is 22.6 Å². The van der Waals surface area contributed by atoms with Crippen molar-refractivity contribution in [3.05, 3.63) is 93.2 Å². The number of hydrogen-bond acceptors (Lipinski definition) is 4. The molecule has 2 aromatic carbocycles. The van der Waals surface area contributed by atoms with Crippen LogP contribution in [0.2, 0.25) is 0 Å². The maximum absolute atomic E-state index is 14.2. The van der Waals surface area contributed by atoms with E-state index in [0.717, 1.165) is 54.0 Å². The minimum absolute atomic E-state index is 0.00325. The monoisotopic (exact) mass is 553 g/mol. The second-order valence-electron chi connectivity index (χ2n) is 11.6. The Morgan fingerprint density at radius 2 is 1.73 bits per heavy atom. The molecule has 3 aromatic rings. The van der Waals surface area contributed by atoms with Crippen molar-refractivity contribution in [1.82, 2.24) is 14.2 Å². The minimum atomic E-state index is -0.554. The Kier molecular flexibility index (Phi) is 7.47. The summed E-state index contributed by atoms with van der Waals surface area (Å²) in [5.41, 5.74) is 5.24. The number of nitrogens with zero attached hydrogens (tertiary/aromatic N) is 3. The molecule has 3 aliphatic rings. The third-order valence-electron chi connectivity index (χ3n) is 9.12. The van der Waals surface area contributed by atoms with Crippen LogP contribution in [0.1, 0.15) is 74.0 Å². The highest BCUT2D eigenvalue weighted by Crippen LogP contribution is 2.54. The topological polar surface area (TPSA) is 65.7 Å². The lowest BCUT2D eigenvalue weighted by molar-refractivity contribution is -0.164. The average Bonchev–Trinajstić information content (AvgIpc) is 3.39. The van der Waals surface area contributed by atoms with Gasteiger partial charge in [0.1, 0.15) is 5.75 Å². The van der Waals surface area contributed by atoms with Crippen LogP contribution in [-0.4, -0.2) is 40.9 Å². The number of para-hydroxylation sites is 1. The van der Waals surface area contributed by atoms with Crippen LogP contribution in [0.4, 0.5) is 0 Å². The van der Waals surface area contributed by atoms with E-state index in [4.69, 9.17) is 9.57 Å². The van der Waals surface area contributed by atoms with Gasteiger partial charge >= 0.3 is 5.69 Å². The molecule has 0 N–H and O–H groups in total. The number of amides is 1. The predicted octanol–water partition coefficient (Wildman–Crippen LogP) is 6.14. The molecule has 0 bridgehead atoms. The summed E-state index contributed by atoms with van der Waals surface area (Å²) < 4.78 is 9.85. The zero-order valence-corrected chi connectivity index (χ0v) is 24.3. The van der Waals surface area contributed by atoms with E-state index in [2.05, 4.69) is 37.3 Å². The van der Waals surface area contributed by atoms with Crippen molar-refractivity contribution in [3.63, 3.8) is 0 Å². The lowest BCUT2D eigenvalue weighted by atomic mass is 9.75. The van der Waals surface area contributed by atoms with E-state index in [1.54, 1.807) is 7.05 Å². The van der Waals surface area contributed by atoms with Crippen molar-refractivity contribution in [1.29, 1.82) is 0 Å². The summed E-state index contributed by atoms with van der Waals surface area (Å²) in [4.78, 5) is 33.5. The van der Waals surface area contributed by atoms with E-state index in [1.165, 1.54) is 24.2 Å². The first-order valence-electron chi connectivity index (χ1n) is 14.8. The van der Waals surface area contributed by atoms with Gasteiger partial charge in [0.05, 0.1) is 25.1 Å². The molecule has 0 spiro atoms. The average molecular weight is 554 g/mol. The summed E-state index contributed by atoms with van der Waals surface area (Å²) in [5.74, 6) is 0.622. The molecule has 1 heterocycles. The summed E-state index contributed by atoms with van der Waals surface area (Å²) >= 11 is 0. The molecule has 1 fully saturated rings. The van der Waals surface area contributed by atoms with Gasteiger partial charge in [0.25, 0.3) is 5.91 Å². The first kappa shape index (κ1) is 27.3. The number of aromatic nitrogens is 2. The molecule has 0 saturated heterocycles. The predicted molar refractivity (Wildman–Crippen MR) is 161 cm³/mol. The van der Waals surface area contributed by atoms with E-state index in [1.807, 2.05) is 45.5 Å². The van der Waals surface area contributed by atoms with Crippen LogP contribution >= 0.6 is 0 Å². The molecular weight excluding hydrogens is 514 g/mol. The van der Waals surface area contributed by atoms with Gasteiger partial charge in [-0.2, -0.15) is 0 Å². The molecule has 0 aliphatic heterocycles. The third-order valence-corrected chi connectivity index (χ3v) is 9.12. The Morgan fingerprint density at radius 3 is 2.49 bits per heavy atom. The molecule has 214 valence electrons. The molecule has 0 radical (unpaired) electrons. The van der Waals surface area contributed by atoms with E-state index >= 15 is 0 Å². The van der Waals surface area contributed by atoms with Gasteiger partial charge in [0.2, 0.25) is 0 Å². The fraction of sp³-hybridized carbons (Fsp3) is 0.412. The Hall–Kier alpha value is -3.84. The number of likely N-dealkylation sites (N-methyl/N-ethyl adjacent to an activating group) is 1. The fourth-order valence-corrected chi connectivity index (χ4v) is 6.90. The number of hydroxylamine groups is 2. The van der Waals surface area contributed by atoms with Gasteiger partial charge < -0.3 is 4.74 Å². The van der Waals surface area contributed by atoms with Crippen LogP contribution in [0, 0.1) is 5.41 Å². The smallest absolute Gasteiger partial charge is 0.329 e. The van der Waals surface area contributed by atoms with E-state index in [-0.39, 0.29) is 17.6 Å². The first-order chi connectivity index (χ1) is 19.9. The summed E-state index contributed by atoms with van der Waals surface area (Å²) in [7, 11) is 3.15. The highest BCUT2D eigenvalue weighted by molar-refractivity contribution is 6.06. The number of fused-ring (bicyclic) bond motifs is 4. The SMILES string of the molecule is CON(C)C(=O)C1=Cc2c(n(C3CCCCC3)c(=O)n2CCCOc2ccccc2)C=C2c3ccccc3C[C@]12C. The van der Waals surface area contributed by atoms with Crippen molar-refractivity contribution < 1.29 is 14.4 Å².